The zero-order valence-electron chi connectivity index (χ0n) is 8.20. The van der Waals surface area contributed by atoms with Crippen LogP contribution in [0, 0.1) is 5.82 Å². The molecular formula is C10H14FNO2. The van der Waals surface area contributed by atoms with Gasteiger partial charge in [-0.15, -0.1) is 0 Å². The highest BCUT2D eigenvalue weighted by atomic mass is 19.1. The molecule has 0 aliphatic heterocycles. The van der Waals surface area contributed by atoms with E-state index in [4.69, 9.17) is 10.5 Å². The van der Waals surface area contributed by atoms with Crippen LogP contribution in [0.5, 0.6) is 5.75 Å². The number of halogens is 1. The summed E-state index contributed by atoms with van der Waals surface area (Å²) in [6.07, 6.45) is -0.676. The molecule has 0 saturated carbocycles. The summed E-state index contributed by atoms with van der Waals surface area (Å²) in [7, 11) is 1.39. The molecule has 0 bridgehead atoms. The Morgan fingerprint density at radius 1 is 1.50 bits per heavy atom. The van der Waals surface area contributed by atoms with Gasteiger partial charge in [-0.05, 0) is 24.6 Å². The van der Waals surface area contributed by atoms with Gasteiger partial charge in [0, 0.05) is 0 Å². The van der Waals surface area contributed by atoms with Crippen LogP contribution in [0.1, 0.15) is 18.5 Å². The highest BCUT2D eigenvalue weighted by Crippen LogP contribution is 2.22. The van der Waals surface area contributed by atoms with E-state index in [0.29, 0.717) is 5.56 Å². The van der Waals surface area contributed by atoms with Gasteiger partial charge in [0.05, 0.1) is 19.3 Å². The van der Waals surface area contributed by atoms with Crippen LogP contribution < -0.4 is 10.5 Å². The summed E-state index contributed by atoms with van der Waals surface area (Å²) < 4.78 is 17.8. The maximum absolute atomic E-state index is 13.0. The highest BCUT2D eigenvalue weighted by Gasteiger charge is 2.14. The molecule has 0 aromatic heterocycles. The van der Waals surface area contributed by atoms with Crippen molar-refractivity contribution in [1.82, 2.24) is 0 Å². The Morgan fingerprint density at radius 3 is 2.64 bits per heavy atom. The smallest absolute Gasteiger partial charge is 0.165 e. The van der Waals surface area contributed by atoms with E-state index in [2.05, 4.69) is 0 Å². The Kier molecular flexibility index (Phi) is 3.43. The average Bonchev–Trinajstić information content (AvgIpc) is 2.17. The van der Waals surface area contributed by atoms with E-state index in [1.54, 1.807) is 6.92 Å². The van der Waals surface area contributed by atoms with E-state index in [-0.39, 0.29) is 5.75 Å². The minimum Gasteiger partial charge on any atom is -0.494 e. The zero-order chi connectivity index (χ0) is 10.7. The second-order valence-corrected chi connectivity index (χ2v) is 3.16. The molecule has 78 valence electrons. The topological polar surface area (TPSA) is 55.5 Å². The quantitative estimate of drug-likeness (QED) is 0.769. The average molecular weight is 199 g/mol. The van der Waals surface area contributed by atoms with Crippen molar-refractivity contribution >= 4 is 0 Å². The van der Waals surface area contributed by atoms with E-state index in [1.165, 1.54) is 25.3 Å². The molecule has 0 radical (unpaired) electrons. The maximum atomic E-state index is 13.0. The van der Waals surface area contributed by atoms with Gasteiger partial charge in [-0.2, -0.15) is 0 Å². The van der Waals surface area contributed by atoms with E-state index in [1.807, 2.05) is 0 Å². The lowest BCUT2D eigenvalue weighted by Gasteiger charge is -2.15. The molecule has 3 N–H and O–H groups in total. The molecule has 0 fully saturated rings. The van der Waals surface area contributed by atoms with Crippen molar-refractivity contribution in [3.63, 3.8) is 0 Å². The molecule has 0 heterocycles. The minimum atomic E-state index is -0.676. The Labute approximate surface area is 82.3 Å². The second kappa shape index (κ2) is 4.39. The molecule has 14 heavy (non-hydrogen) atoms. The van der Waals surface area contributed by atoms with Crippen LogP contribution in [0.15, 0.2) is 18.2 Å². The molecule has 2 atom stereocenters. The molecule has 0 saturated heterocycles. The molecular weight excluding hydrogens is 185 g/mol. The van der Waals surface area contributed by atoms with Gasteiger partial charge in [0.25, 0.3) is 0 Å². The number of methoxy groups -OCH3 is 1. The minimum absolute atomic E-state index is 0.138. The number of hydrogen-bond acceptors (Lipinski definition) is 3. The van der Waals surface area contributed by atoms with Crippen molar-refractivity contribution in [3.05, 3.63) is 29.6 Å². The molecule has 0 spiro atoms. The first kappa shape index (κ1) is 10.9. The Bertz CT molecular complexity index is 315. The molecule has 1 aromatic rings. The van der Waals surface area contributed by atoms with Crippen LogP contribution in [0.3, 0.4) is 0 Å². The lowest BCUT2D eigenvalue weighted by Crippen LogP contribution is -2.23. The first-order valence-corrected chi connectivity index (χ1v) is 4.33. The fourth-order valence-corrected chi connectivity index (χ4v) is 1.16. The summed E-state index contributed by atoms with van der Waals surface area (Å²) in [5.74, 6) is -0.298. The van der Waals surface area contributed by atoms with Crippen molar-refractivity contribution < 1.29 is 14.2 Å². The van der Waals surface area contributed by atoms with E-state index in [9.17, 15) is 9.50 Å². The summed E-state index contributed by atoms with van der Waals surface area (Å²) in [6.45, 7) is 1.58. The van der Waals surface area contributed by atoms with E-state index < -0.39 is 18.0 Å². The number of benzene rings is 1. The monoisotopic (exact) mass is 199 g/mol. The molecule has 3 nitrogen and oxygen atoms in total. The normalized spacial score (nSPS) is 14.9. The highest BCUT2D eigenvalue weighted by molar-refractivity contribution is 5.32. The lowest BCUT2D eigenvalue weighted by atomic mass is 10.0. The third kappa shape index (κ3) is 2.21. The van der Waals surface area contributed by atoms with Crippen LogP contribution in [-0.4, -0.2) is 18.3 Å². The number of aliphatic hydroxyl groups is 1. The van der Waals surface area contributed by atoms with E-state index in [0.717, 1.165) is 0 Å². The largest absolute Gasteiger partial charge is 0.494 e. The predicted octanol–water partition coefficient (Wildman–Crippen LogP) is 1.21. The fourth-order valence-electron chi connectivity index (χ4n) is 1.16. The molecule has 4 heteroatoms. The standard InChI is InChI=1S/C10H14FNO2/c1-6(13)10(12)7-3-4-8(11)9(5-7)14-2/h3-6,10,13H,12H2,1-2H3/t6-,10-/m0/s1. The van der Waals surface area contributed by atoms with Gasteiger partial charge >= 0.3 is 0 Å². The summed E-state index contributed by atoms with van der Waals surface area (Å²) in [5.41, 5.74) is 6.33. The SMILES string of the molecule is COc1cc([C@@H](N)[C@H](C)O)ccc1F. The van der Waals surface area contributed by atoms with Gasteiger partial charge in [-0.1, -0.05) is 6.07 Å². The van der Waals surface area contributed by atoms with Crippen LogP contribution in [-0.2, 0) is 0 Å². The van der Waals surface area contributed by atoms with Gasteiger partial charge in [-0.3, -0.25) is 0 Å². The number of aliphatic hydroxyl groups excluding tert-OH is 1. The van der Waals surface area contributed by atoms with Gasteiger partial charge in [0.15, 0.2) is 11.6 Å². The zero-order valence-corrected chi connectivity index (χ0v) is 8.20. The summed E-state index contributed by atoms with van der Waals surface area (Å²) in [5, 5.41) is 9.25. The molecule has 1 rings (SSSR count). The van der Waals surface area contributed by atoms with Crippen molar-refractivity contribution in [2.45, 2.75) is 19.1 Å². The Hall–Kier alpha value is -1.13. The number of rotatable bonds is 3. The third-order valence-electron chi connectivity index (χ3n) is 2.08. The molecule has 0 amide bonds. The van der Waals surface area contributed by atoms with Gasteiger partial charge in [0.1, 0.15) is 0 Å². The van der Waals surface area contributed by atoms with Crippen LogP contribution >= 0.6 is 0 Å². The van der Waals surface area contributed by atoms with Crippen LogP contribution in [0.4, 0.5) is 4.39 Å². The van der Waals surface area contributed by atoms with Crippen molar-refractivity contribution in [2.75, 3.05) is 7.11 Å². The number of ether oxygens (including phenoxy) is 1. The summed E-state index contributed by atoms with van der Waals surface area (Å²) in [4.78, 5) is 0. The molecule has 0 unspecified atom stereocenters. The van der Waals surface area contributed by atoms with Gasteiger partial charge in [0.2, 0.25) is 0 Å². The fraction of sp³-hybridized carbons (Fsp3) is 0.400. The maximum Gasteiger partial charge on any atom is 0.165 e. The summed E-state index contributed by atoms with van der Waals surface area (Å²) in [6, 6.07) is 3.78. The van der Waals surface area contributed by atoms with Crippen LogP contribution in [0.25, 0.3) is 0 Å². The Morgan fingerprint density at radius 2 is 2.14 bits per heavy atom. The van der Waals surface area contributed by atoms with Gasteiger partial charge < -0.3 is 15.6 Å². The molecule has 1 aromatic carbocycles. The number of nitrogens with two attached hydrogens (primary N) is 1. The predicted molar refractivity (Wildman–Crippen MR) is 51.6 cm³/mol. The Balaban J connectivity index is 3.00. The van der Waals surface area contributed by atoms with Crippen molar-refractivity contribution in [2.24, 2.45) is 5.73 Å². The first-order valence-electron chi connectivity index (χ1n) is 4.33. The van der Waals surface area contributed by atoms with Gasteiger partial charge in [-0.25, -0.2) is 4.39 Å². The summed E-state index contributed by atoms with van der Waals surface area (Å²) >= 11 is 0. The molecule has 0 aliphatic carbocycles. The first-order chi connectivity index (χ1) is 6.56. The van der Waals surface area contributed by atoms with Crippen molar-refractivity contribution in [3.8, 4) is 5.75 Å². The number of hydrogen-bond donors (Lipinski definition) is 2. The van der Waals surface area contributed by atoms with E-state index >= 15 is 0 Å². The third-order valence-corrected chi connectivity index (χ3v) is 2.08. The second-order valence-electron chi connectivity index (χ2n) is 3.16. The molecule has 0 aliphatic rings. The van der Waals surface area contributed by atoms with Crippen LogP contribution in [0.2, 0.25) is 0 Å². The lowest BCUT2D eigenvalue weighted by molar-refractivity contribution is 0.164. The van der Waals surface area contributed by atoms with Crippen molar-refractivity contribution in [1.29, 1.82) is 0 Å².